The molecule has 3 heteroatoms. The van der Waals surface area contributed by atoms with E-state index in [9.17, 15) is 4.79 Å². The Labute approximate surface area is 157 Å². The lowest BCUT2D eigenvalue weighted by Gasteiger charge is -2.34. The van der Waals surface area contributed by atoms with Crippen LogP contribution in [0.2, 0.25) is 0 Å². The Balaban J connectivity index is 1.48. The van der Waals surface area contributed by atoms with E-state index in [0.29, 0.717) is 0 Å². The summed E-state index contributed by atoms with van der Waals surface area (Å²) in [4.78, 5) is 15.7. The molecular formula is C23H30N2O. The molecule has 0 bridgehead atoms. The summed E-state index contributed by atoms with van der Waals surface area (Å²) in [6.07, 6.45) is 5.68. The van der Waals surface area contributed by atoms with Crippen molar-refractivity contribution in [3.63, 3.8) is 0 Å². The smallest absolute Gasteiger partial charge is 0.209 e. The summed E-state index contributed by atoms with van der Waals surface area (Å²) in [6.45, 7) is 3.39. The Morgan fingerprint density at radius 1 is 1.04 bits per heavy atom. The molecule has 3 nitrogen and oxygen atoms in total. The summed E-state index contributed by atoms with van der Waals surface area (Å²) in [6, 6.07) is 21.4. The van der Waals surface area contributed by atoms with Gasteiger partial charge in [0.05, 0.1) is 6.04 Å². The highest BCUT2D eigenvalue weighted by atomic mass is 16.1. The van der Waals surface area contributed by atoms with E-state index in [0.717, 1.165) is 25.3 Å². The first-order chi connectivity index (χ1) is 12.8. The van der Waals surface area contributed by atoms with Crippen LogP contribution in [0.4, 0.5) is 0 Å². The summed E-state index contributed by atoms with van der Waals surface area (Å²) in [5, 5.41) is 0. The quantitative estimate of drug-likeness (QED) is 0.668. The summed E-state index contributed by atoms with van der Waals surface area (Å²) < 4.78 is 0. The van der Waals surface area contributed by atoms with E-state index in [4.69, 9.17) is 0 Å². The molecule has 2 aromatic rings. The molecule has 0 aliphatic carbocycles. The van der Waals surface area contributed by atoms with Crippen LogP contribution in [0.5, 0.6) is 0 Å². The molecule has 1 heterocycles. The van der Waals surface area contributed by atoms with Crippen molar-refractivity contribution in [3.8, 4) is 0 Å². The number of rotatable bonds is 8. The Morgan fingerprint density at radius 2 is 1.65 bits per heavy atom. The van der Waals surface area contributed by atoms with Gasteiger partial charge >= 0.3 is 0 Å². The van der Waals surface area contributed by atoms with Crippen LogP contribution in [0.1, 0.15) is 36.4 Å². The zero-order valence-electron chi connectivity index (χ0n) is 15.8. The molecule has 0 aromatic heterocycles. The fourth-order valence-corrected chi connectivity index (χ4v) is 4.02. The second-order valence-electron chi connectivity index (χ2n) is 7.46. The molecule has 1 aliphatic heterocycles. The number of hydrogen-bond donors (Lipinski definition) is 0. The van der Waals surface area contributed by atoms with E-state index in [2.05, 4.69) is 59.5 Å². The van der Waals surface area contributed by atoms with Crippen molar-refractivity contribution in [2.75, 3.05) is 26.7 Å². The van der Waals surface area contributed by atoms with Crippen molar-refractivity contribution >= 4 is 6.41 Å². The topological polar surface area (TPSA) is 23.6 Å². The predicted octanol–water partition coefficient (Wildman–Crippen LogP) is 4.16. The molecule has 0 N–H and O–H groups in total. The maximum Gasteiger partial charge on any atom is 0.209 e. The summed E-state index contributed by atoms with van der Waals surface area (Å²) in [7, 11) is 1.89. The molecular weight excluding hydrogens is 320 g/mol. The van der Waals surface area contributed by atoms with Gasteiger partial charge in [0.25, 0.3) is 0 Å². The Kier molecular flexibility index (Phi) is 6.84. The first kappa shape index (κ1) is 18.7. The molecule has 26 heavy (non-hydrogen) atoms. The highest BCUT2D eigenvalue weighted by Crippen LogP contribution is 2.25. The average molecular weight is 351 g/mol. The predicted molar refractivity (Wildman–Crippen MR) is 107 cm³/mol. The minimum atomic E-state index is 0.163. The summed E-state index contributed by atoms with van der Waals surface area (Å²) in [5.41, 5.74) is 2.68. The maximum absolute atomic E-state index is 11.3. The molecule has 1 unspecified atom stereocenters. The van der Waals surface area contributed by atoms with Crippen LogP contribution in [0.25, 0.3) is 0 Å². The van der Waals surface area contributed by atoms with Crippen molar-refractivity contribution in [1.29, 1.82) is 0 Å². The van der Waals surface area contributed by atoms with Gasteiger partial charge in [0, 0.05) is 13.6 Å². The molecule has 0 radical (unpaired) electrons. The van der Waals surface area contributed by atoms with Crippen molar-refractivity contribution < 1.29 is 4.79 Å². The number of nitrogens with zero attached hydrogens (tertiary/aromatic N) is 2. The SMILES string of the molecule is CN(C=O)C(CCN1CCC(Cc2ccccc2)CC1)c1ccccc1. The average Bonchev–Trinajstić information content (AvgIpc) is 2.71. The van der Waals surface area contributed by atoms with E-state index in [-0.39, 0.29) is 6.04 Å². The van der Waals surface area contributed by atoms with Crippen molar-refractivity contribution in [1.82, 2.24) is 9.80 Å². The Bertz CT molecular complexity index is 650. The third-order valence-electron chi connectivity index (χ3n) is 5.64. The molecule has 2 aromatic carbocycles. The fourth-order valence-electron chi connectivity index (χ4n) is 4.02. The van der Waals surface area contributed by atoms with Gasteiger partial charge in [-0.1, -0.05) is 60.7 Å². The third-order valence-corrected chi connectivity index (χ3v) is 5.64. The second-order valence-corrected chi connectivity index (χ2v) is 7.46. The first-order valence-electron chi connectivity index (χ1n) is 9.74. The minimum Gasteiger partial charge on any atom is -0.341 e. The first-order valence-corrected chi connectivity index (χ1v) is 9.74. The van der Waals surface area contributed by atoms with Gasteiger partial charge in [-0.25, -0.2) is 0 Å². The van der Waals surface area contributed by atoms with Gasteiger partial charge in [-0.05, 0) is 55.8 Å². The van der Waals surface area contributed by atoms with E-state index in [1.165, 1.54) is 43.5 Å². The fraction of sp³-hybridized carbons (Fsp3) is 0.435. The van der Waals surface area contributed by atoms with Gasteiger partial charge in [0.15, 0.2) is 0 Å². The van der Waals surface area contributed by atoms with E-state index >= 15 is 0 Å². The monoisotopic (exact) mass is 350 g/mol. The number of likely N-dealkylation sites (tertiary alicyclic amines) is 1. The van der Waals surface area contributed by atoms with Crippen LogP contribution in [-0.4, -0.2) is 42.9 Å². The number of hydrogen-bond acceptors (Lipinski definition) is 2. The van der Waals surface area contributed by atoms with Crippen molar-refractivity contribution in [2.24, 2.45) is 5.92 Å². The van der Waals surface area contributed by atoms with Gasteiger partial charge in [0.2, 0.25) is 6.41 Å². The lowest BCUT2D eigenvalue weighted by atomic mass is 9.90. The molecule has 1 fully saturated rings. The van der Waals surface area contributed by atoms with E-state index in [1.54, 1.807) is 4.90 Å². The van der Waals surface area contributed by atoms with Crippen LogP contribution < -0.4 is 0 Å². The standard InChI is InChI=1S/C23H30N2O/c1-24(19-26)23(22-10-6-3-7-11-22)14-17-25-15-12-21(13-16-25)18-20-8-4-2-5-9-20/h2-11,19,21,23H,12-18H2,1H3. The Morgan fingerprint density at radius 3 is 2.27 bits per heavy atom. The van der Waals surface area contributed by atoms with Crippen molar-refractivity contribution in [2.45, 2.75) is 31.7 Å². The van der Waals surface area contributed by atoms with Crippen LogP contribution in [0.3, 0.4) is 0 Å². The number of piperidine rings is 1. The molecule has 138 valence electrons. The van der Waals surface area contributed by atoms with Gasteiger partial charge in [-0.3, -0.25) is 4.79 Å². The largest absolute Gasteiger partial charge is 0.341 e. The lowest BCUT2D eigenvalue weighted by Crippen LogP contribution is -2.36. The molecule has 0 saturated carbocycles. The van der Waals surface area contributed by atoms with Crippen molar-refractivity contribution in [3.05, 3.63) is 71.8 Å². The van der Waals surface area contributed by atoms with E-state index < -0.39 is 0 Å². The second kappa shape index (κ2) is 9.54. The molecule has 0 spiro atoms. The highest BCUT2D eigenvalue weighted by Gasteiger charge is 2.22. The zero-order chi connectivity index (χ0) is 18.2. The Hall–Kier alpha value is -2.13. The normalized spacial score (nSPS) is 17.0. The van der Waals surface area contributed by atoms with Crippen LogP contribution >= 0.6 is 0 Å². The van der Waals surface area contributed by atoms with Gasteiger partial charge in [-0.15, -0.1) is 0 Å². The molecule has 1 aliphatic rings. The number of carbonyl (C=O) groups is 1. The van der Waals surface area contributed by atoms with Gasteiger partial charge in [0.1, 0.15) is 0 Å². The maximum atomic E-state index is 11.3. The van der Waals surface area contributed by atoms with Crippen LogP contribution in [-0.2, 0) is 11.2 Å². The minimum absolute atomic E-state index is 0.163. The molecule has 1 atom stereocenters. The van der Waals surface area contributed by atoms with Gasteiger partial charge in [-0.2, -0.15) is 0 Å². The van der Waals surface area contributed by atoms with E-state index in [1.807, 2.05) is 13.1 Å². The summed E-state index contributed by atoms with van der Waals surface area (Å²) >= 11 is 0. The van der Waals surface area contributed by atoms with Crippen LogP contribution in [0, 0.1) is 5.92 Å². The molecule has 1 saturated heterocycles. The lowest BCUT2D eigenvalue weighted by molar-refractivity contribution is -0.119. The molecule has 3 rings (SSSR count). The molecule has 1 amide bonds. The zero-order valence-corrected chi connectivity index (χ0v) is 15.8. The number of benzene rings is 2. The summed E-state index contributed by atoms with van der Waals surface area (Å²) in [5.74, 6) is 0.802. The number of amides is 1. The highest BCUT2D eigenvalue weighted by molar-refractivity contribution is 5.48. The number of carbonyl (C=O) groups excluding carboxylic acids is 1. The third kappa shape index (κ3) is 5.18. The van der Waals surface area contributed by atoms with Gasteiger partial charge < -0.3 is 9.80 Å². The van der Waals surface area contributed by atoms with Crippen LogP contribution in [0.15, 0.2) is 60.7 Å².